The fourth-order valence-corrected chi connectivity index (χ4v) is 2.41. The quantitative estimate of drug-likeness (QED) is 0.849. The lowest BCUT2D eigenvalue weighted by Gasteiger charge is -2.02. The molecule has 0 saturated heterocycles. The molecule has 1 aliphatic carbocycles. The van der Waals surface area contributed by atoms with Crippen molar-refractivity contribution < 1.29 is 5.11 Å². The molecule has 78 valence electrons. The van der Waals surface area contributed by atoms with Crippen LogP contribution in [0.15, 0.2) is 22.8 Å². The minimum absolute atomic E-state index is 0.00706. The molecule has 0 spiro atoms. The van der Waals surface area contributed by atoms with Crippen molar-refractivity contribution in [3.63, 3.8) is 0 Å². The van der Waals surface area contributed by atoms with Gasteiger partial charge in [0.15, 0.2) is 0 Å². The minimum Gasteiger partial charge on any atom is -0.390 e. The van der Waals surface area contributed by atoms with Crippen molar-refractivity contribution >= 4 is 21.4 Å². The van der Waals surface area contributed by atoms with E-state index in [1.165, 1.54) is 18.4 Å². The van der Waals surface area contributed by atoms with Crippen molar-refractivity contribution in [2.75, 3.05) is 0 Å². The summed E-state index contributed by atoms with van der Waals surface area (Å²) >= 11 is 3.51. The van der Waals surface area contributed by atoms with Gasteiger partial charge in [-0.2, -0.15) is 5.10 Å². The third-order valence-corrected chi connectivity index (χ3v) is 3.37. The zero-order valence-electron chi connectivity index (χ0n) is 8.15. The first-order valence-electron chi connectivity index (χ1n) is 5.07. The largest absolute Gasteiger partial charge is 0.390 e. The second kappa shape index (κ2) is 3.32. The molecular weight excluding hydrogens is 256 g/mol. The Morgan fingerprint density at radius 1 is 1.40 bits per heavy atom. The first-order chi connectivity index (χ1) is 7.28. The second-order valence-electron chi connectivity index (χ2n) is 4.02. The molecule has 0 atom stereocenters. The van der Waals surface area contributed by atoms with Crippen molar-refractivity contribution in [2.24, 2.45) is 0 Å². The molecule has 2 heterocycles. The summed E-state index contributed by atoms with van der Waals surface area (Å²) in [4.78, 5) is 0. The molecule has 1 aliphatic rings. The molecule has 1 saturated carbocycles. The van der Waals surface area contributed by atoms with Gasteiger partial charge in [0, 0.05) is 0 Å². The monoisotopic (exact) mass is 266 g/mol. The zero-order chi connectivity index (χ0) is 10.4. The molecule has 1 fully saturated rings. The van der Waals surface area contributed by atoms with Crippen LogP contribution in [0, 0.1) is 0 Å². The number of fused-ring (bicyclic) bond motifs is 1. The third kappa shape index (κ3) is 1.58. The highest BCUT2D eigenvalue weighted by Gasteiger charge is 2.24. The highest BCUT2D eigenvalue weighted by Crippen LogP contribution is 2.41. The Morgan fingerprint density at radius 2 is 2.20 bits per heavy atom. The van der Waals surface area contributed by atoms with Crippen LogP contribution in [0.1, 0.15) is 30.0 Å². The van der Waals surface area contributed by atoms with Crippen LogP contribution in [-0.2, 0) is 6.61 Å². The van der Waals surface area contributed by atoms with E-state index in [9.17, 15) is 0 Å². The van der Waals surface area contributed by atoms with Crippen LogP contribution in [-0.4, -0.2) is 14.7 Å². The molecule has 3 nitrogen and oxygen atoms in total. The SMILES string of the molecule is OCc1cc2cc(C3CC3)cc(Br)n2n1. The van der Waals surface area contributed by atoms with E-state index in [1.807, 2.05) is 10.6 Å². The molecule has 0 unspecified atom stereocenters. The molecular formula is C11H11BrN2O. The maximum Gasteiger partial charge on any atom is 0.108 e. The predicted octanol–water partition coefficient (Wildman–Crippen LogP) is 2.47. The van der Waals surface area contributed by atoms with Gasteiger partial charge in [0.1, 0.15) is 4.60 Å². The minimum atomic E-state index is -0.00706. The van der Waals surface area contributed by atoms with Gasteiger partial charge >= 0.3 is 0 Å². The Hall–Kier alpha value is -0.870. The van der Waals surface area contributed by atoms with E-state index in [2.05, 4.69) is 33.2 Å². The number of hydrogen-bond donors (Lipinski definition) is 1. The van der Waals surface area contributed by atoms with E-state index < -0.39 is 0 Å². The molecule has 0 amide bonds. The summed E-state index contributed by atoms with van der Waals surface area (Å²) in [5.74, 6) is 0.735. The van der Waals surface area contributed by atoms with E-state index in [0.717, 1.165) is 16.0 Å². The molecule has 0 aromatic carbocycles. The maximum atomic E-state index is 9.03. The van der Waals surface area contributed by atoms with Crippen molar-refractivity contribution in [2.45, 2.75) is 25.4 Å². The van der Waals surface area contributed by atoms with E-state index >= 15 is 0 Å². The number of pyridine rings is 1. The predicted molar refractivity (Wildman–Crippen MR) is 60.8 cm³/mol. The van der Waals surface area contributed by atoms with E-state index in [1.54, 1.807) is 0 Å². The summed E-state index contributed by atoms with van der Waals surface area (Å²) in [6.07, 6.45) is 2.59. The summed E-state index contributed by atoms with van der Waals surface area (Å²) in [7, 11) is 0. The normalized spacial score (nSPS) is 16.1. The van der Waals surface area contributed by atoms with Gasteiger partial charge in [-0.15, -0.1) is 0 Å². The molecule has 0 radical (unpaired) electrons. The fraction of sp³-hybridized carbons (Fsp3) is 0.364. The van der Waals surface area contributed by atoms with Crippen LogP contribution >= 0.6 is 15.9 Å². The molecule has 0 aliphatic heterocycles. The topological polar surface area (TPSA) is 37.5 Å². The maximum absolute atomic E-state index is 9.03. The first kappa shape index (κ1) is 9.36. The Labute approximate surface area is 95.9 Å². The van der Waals surface area contributed by atoms with Crippen LogP contribution in [0.4, 0.5) is 0 Å². The lowest BCUT2D eigenvalue weighted by Crippen LogP contribution is -1.93. The summed E-state index contributed by atoms with van der Waals surface area (Å²) < 4.78 is 2.78. The highest BCUT2D eigenvalue weighted by atomic mass is 79.9. The standard InChI is InChI=1S/C11H11BrN2O/c12-11-4-8(7-1-2-7)3-10-5-9(6-15)13-14(10)11/h3-5,7,15H,1-2,6H2. The highest BCUT2D eigenvalue weighted by molar-refractivity contribution is 9.10. The van der Waals surface area contributed by atoms with Gasteiger partial charge in [-0.05, 0) is 58.5 Å². The number of aliphatic hydroxyl groups is 1. The average molecular weight is 267 g/mol. The van der Waals surface area contributed by atoms with Gasteiger partial charge in [-0.3, -0.25) is 0 Å². The van der Waals surface area contributed by atoms with Gasteiger partial charge in [0.2, 0.25) is 0 Å². The number of aromatic nitrogens is 2. The molecule has 2 aromatic heterocycles. The number of halogens is 1. The van der Waals surface area contributed by atoms with Crippen molar-refractivity contribution in [3.8, 4) is 0 Å². The van der Waals surface area contributed by atoms with Crippen molar-refractivity contribution in [1.29, 1.82) is 0 Å². The Kier molecular flexibility index (Phi) is 2.07. The van der Waals surface area contributed by atoms with Gasteiger partial charge in [0.05, 0.1) is 17.8 Å². The van der Waals surface area contributed by atoms with Crippen molar-refractivity contribution in [1.82, 2.24) is 9.61 Å². The van der Waals surface area contributed by atoms with Gasteiger partial charge in [0.25, 0.3) is 0 Å². The van der Waals surface area contributed by atoms with Crippen LogP contribution in [0.3, 0.4) is 0 Å². The summed E-state index contributed by atoms with van der Waals surface area (Å²) in [6, 6.07) is 6.21. The zero-order valence-corrected chi connectivity index (χ0v) is 9.74. The Balaban J connectivity index is 2.20. The number of hydrogen-bond acceptors (Lipinski definition) is 2. The second-order valence-corrected chi connectivity index (χ2v) is 4.83. The fourth-order valence-electron chi connectivity index (χ4n) is 1.86. The summed E-state index contributed by atoms with van der Waals surface area (Å²) in [6.45, 7) is -0.00706. The van der Waals surface area contributed by atoms with E-state index in [-0.39, 0.29) is 6.61 Å². The summed E-state index contributed by atoms with van der Waals surface area (Å²) in [5, 5.41) is 13.3. The smallest absolute Gasteiger partial charge is 0.108 e. The van der Waals surface area contributed by atoms with Crippen LogP contribution < -0.4 is 0 Å². The average Bonchev–Trinajstić information content (AvgIpc) is 2.98. The van der Waals surface area contributed by atoms with E-state index in [0.29, 0.717) is 5.69 Å². The van der Waals surface area contributed by atoms with Crippen molar-refractivity contribution in [3.05, 3.63) is 34.1 Å². The molecule has 4 heteroatoms. The van der Waals surface area contributed by atoms with Crippen LogP contribution in [0.2, 0.25) is 0 Å². The molecule has 15 heavy (non-hydrogen) atoms. The first-order valence-corrected chi connectivity index (χ1v) is 5.86. The number of aliphatic hydroxyl groups excluding tert-OH is 1. The van der Waals surface area contributed by atoms with Gasteiger partial charge in [-0.1, -0.05) is 0 Å². The Bertz CT molecular complexity index is 517. The van der Waals surface area contributed by atoms with Gasteiger partial charge < -0.3 is 5.11 Å². The Morgan fingerprint density at radius 3 is 2.87 bits per heavy atom. The van der Waals surface area contributed by atoms with Crippen LogP contribution in [0.5, 0.6) is 0 Å². The lowest BCUT2D eigenvalue weighted by molar-refractivity contribution is 0.276. The van der Waals surface area contributed by atoms with E-state index in [4.69, 9.17) is 5.11 Å². The number of rotatable bonds is 2. The lowest BCUT2D eigenvalue weighted by atomic mass is 10.1. The summed E-state index contributed by atoms with van der Waals surface area (Å²) in [5.41, 5.74) is 3.14. The molecule has 1 N–H and O–H groups in total. The molecule has 0 bridgehead atoms. The third-order valence-electron chi connectivity index (χ3n) is 2.80. The number of nitrogens with zero attached hydrogens (tertiary/aromatic N) is 2. The molecule has 3 rings (SSSR count). The van der Waals surface area contributed by atoms with Crippen LogP contribution in [0.25, 0.3) is 5.52 Å². The molecule has 2 aromatic rings. The van der Waals surface area contributed by atoms with Gasteiger partial charge in [-0.25, -0.2) is 4.52 Å².